The number of benzene rings is 1. The van der Waals surface area contributed by atoms with E-state index < -0.39 is 5.97 Å². The van der Waals surface area contributed by atoms with Gasteiger partial charge in [0.25, 0.3) is 0 Å². The fourth-order valence-corrected chi connectivity index (χ4v) is 1.22. The Bertz CT molecular complexity index is 377. The standard InChI is InChI=1S/C8H9ClN2O2/c1-3-4(8(12)13)2-5(10)7(11)6(3)9/h2H,10-11H2,1H3,(H,12,13). The number of carboxylic acid groups (broad SMARTS) is 1. The molecule has 0 spiro atoms. The summed E-state index contributed by atoms with van der Waals surface area (Å²) in [5, 5.41) is 8.96. The summed E-state index contributed by atoms with van der Waals surface area (Å²) in [6, 6.07) is 1.30. The van der Waals surface area contributed by atoms with Crippen LogP contribution >= 0.6 is 11.6 Å². The second-order valence-corrected chi connectivity index (χ2v) is 3.05. The number of carbonyl (C=O) groups is 1. The van der Waals surface area contributed by atoms with Crippen LogP contribution in [0.3, 0.4) is 0 Å². The second kappa shape index (κ2) is 3.14. The SMILES string of the molecule is Cc1c(C(=O)O)cc(N)c(N)c1Cl. The number of halogens is 1. The quantitative estimate of drug-likeness (QED) is 0.600. The van der Waals surface area contributed by atoms with Crippen LogP contribution in [0.15, 0.2) is 6.07 Å². The van der Waals surface area contributed by atoms with Crippen LogP contribution in [0.5, 0.6) is 0 Å². The highest BCUT2D eigenvalue weighted by molar-refractivity contribution is 6.35. The number of carboxylic acids is 1. The van der Waals surface area contributed by atoms with Gasteiger partial charge in [0.2, 0.25) is 0 Å². The molecular weight excluding hydrogens is 192 g/mol. The first-order valence-electron chi connectivity index (χ1n) is 3.52. The molecule has 0 aliphatic rings. The summed E-state index contributed by atoms with van der Waals surface area (Å²) in [6.45, 7) is 1.58. The number of anilines is 2. The first-order chi connectivity index (χ1) is 5.95. The van der Waals surface area contributed by atoms with Crippen molar-refractivity contribution in [3.05, 3.63) is 22.2 Å². The molecule has 0 radical (unpaired) electrons. The Labute approximate surface area is 80.1 Å². The van der Waals surface area contributed by atoms with Gasteiger partial charge in [-0.25, -0.2) is 4.79 Å². The van der Waals surface area contributed by atoms with E-state index in [-0.39, 0.29) is 22.0 Å². The van der Waals surface area contributed by atoms with Crippen molar-refractivity contribution >= 4 is 28.9 Å². The van der Waals surface area contributed by atoms with Crippen molar-refractivity contribution in [3.63, 3.8) is 0 Å². The van der Waals surface area contributed by atoms with Crippen molar-refractivity contribution in [2.24, 2.45) is 0 Å². The third-order valence-corrected chi connectivity index (χ3v) is 2.30. The smallest absolute Gasteiger partial charge is 0.336 e. The van der Waals surface area contributed by atoms with E-state index in [9.17, 15) is 4.79 Å². The Hall–Kier alpha value is -1.42. The Kier molecular flexibility index (Phi) is 2.34. The molecule has 0 saturated heterocycles. The van der Waals surface area contributed by atoms with E-state index in [1.165, 1.54) is 6.07 Å². The number of nitrogen functional groups attached to an aromatic ring is 2. The summed E-state index contributed by atoms with van der Waals surface area (Å²) in [6.07, 6.45) is 0. The molecule has 13 heavy (non-hydrogen) atoms. The molecule has 0 fully saturated rings. The van der Waals surface area contributed by atoms with Gasteiger partial charge in [0, 0.05) is 0 Å². The maximum atomic E-state index is 10.7. The molecule has 0 saturated carbocycles. The summed E-state index contributed by atoms with van der Waals surface area (Å²) in [5.41, 5.74) is 11.9. The van der Waals surface area contributed by atoms with Crippen molar-refractivity contribution in [3.8, 4) is 0 Å². The summed E-state index contributed by atoms with van der Waals surface area (Å²) in [7, 11) is 0. The maximum absolute atomic E-state index is 10.7. The molecule has 0 heterocycles. The molecule has 0 bridgehead atoms. The van der Waals surface area contributed by atoms with Crippen molar-refractivity contribution in [2.75, 3.05) is 11.5 Å². The number of hydrogen-bond acceptors (Lipinski definition) is 3. The molecule has 1 rings (SSSR count). The highest BCUT2D eigenvalue weighted by Crippen LogP contribution is 2.31. The normalized spacial score (nSPS) is 10.0. The van der Waals surface area contributed by atoms with Crippen LogP contribution in [0.2, 0.25) is 5.02 Å². The van der Waals surface area contributed by atoms with E-state index in [1.54, 1.807) is 6.92 Å². The zero-order valence-corrected chi connectivity index (χ0v) is 7.72. The lowest BCUT2D eigenvalue weighted by molar-refractivity contribution is 0.0696. The average Bonchev–Trinajstić information content (AvgIpc) is 2.07. The van der Waals surface area contributed by atoms with Gasteiger partial charge < -0.3 is 16.6 Å². The molecule has 4 nitrogen and oxygen atoms in total. The minimum atomic E-state index is -1.06. The highest BCUT2D eigenvalue weighted by atomic mass is 35.5. The number of hydrogen-bond donors (Lipinski definition) is 3. The topological polar surface area (TPSA) is 89.3 Å². The van der Waals surface area contributed by atoms with Crippen LogP contribution in [0.1, 0.15) is 15.9 Å². The maximum Gasteiger partial charge on any atom is 0.336 e. The van der Waals surface area contributed by atoms with Gasteiger partial charge >= 0.3 is 5.97 Å². The molecule has 0 aliphatic carbocycles. The third-order valence-electron chi connectivity index (χ3n) is 1.81. The molecule has 5 heteroatoms. The van der Waals surface area contributed by atoms with Gasteiger partial charge in [0.15, 0.2) is 0 Å². The molecule has 0 aliphatic heterocycles. The van der Waals surface area contributed by atoms with Gasteiger partial charge in [0.1, 0.15) is 0 Å². The average molecular weight is 201 g/mol. The lowest BCUT2D eigenvalue weighted by Gasteiger charge is -2.08. The van der Waals surface area contributed by atoms with Crippen molar-refractivity contribution in [2.45, 2.75) is 6.92 Å². The lowest BCUT2D eigenvalue weighted by Crippen LogP contribution is -2.05. The van der Waals surface area contributed by atoms with Gasteiger partial charge in [0.05, 0.1) is 22.0 Å². The third kappa shape index (κ3) is 1.53. The minimum absolute atomic E-state index is 0.0803. The van der Waals surface area contributed by atoms with Gasteiger partial charge in [-0.3, -0.25) is 0 Å². The van der Waals surface area contributed by atoms with E-state index in [4.69, 9.17) is 28.2 Å². The molecule has 0 atom stereocenters. The van der Waals surface area contributed by atoms with E-state index in [0.29, 0.717) is 5.56 Å². The predicted molar refractivity (Wildman–Crippen MR) is 52.0 cm³/mol. The summed E-state index contributed by atoms with van der Waals surface area (Å²) < 4.78 is 0. The Morgan fingerprint density at radius 1 is 1.54 bits per heavy atom. The first-order valence-corrected chi connectivity index (χ1v) is 3.90. The number of rotatable bonds is 1. The van der Waals surface area contributed by atoms with Crippen LogP contribution in [0.25, 0.3) is 0 Å². The largest absolute Gasteiger partial charge is 0.478 e. The number of nitrogens with two attached hydrogens (primary N) is 2. The summed E-state index contributed by atoms with van der Waals surface area (Å²) in [4.78, 5) is 10.7. The zero-order valence-electron chi connectivity index (χ0n) is 6.97. The molecule has 5 N–H and O–H groups in total. The fourth-order valence-electron chi connectivity index (χ4n) is 1.01. The molecule has 0 unspecified atom stereocenters. The first kappa shape index (κ1) is 9.67. The molecule has 70 valence electrons. The zero-order chi connectivity index (χ0) is 10.2. The van der Waals surface area contributed by atoms with Crippen LogP contribution in [0.4, 0.5) is 11.4 Å². The monoisotopic (exact) mass is 200 g/mol. The Morgan fingerprint density at radius 2 is 2.08 bits per heavy atom. The van der Waals surface area contributed by atoms with Crippen LogP contribution < -0.4 is 11.5 Å². The van der Waals surface area contributed by atoms with E-state index >= 15 is 0 Å². The lowest BCUT2D eigenvalue weighted by atomic mass is 10.1. The molecular formula is C8H9ClN2O2. The van der Waals surface area contributed by atoms with Crippen LogP contribution in [-0.4, -0.2) is 11.1 Å². The molecule has 0 amide bonds. The minimum Gasteiger partial charge on any atom is -0.478 e. The van der Waals surface area contributed by atoms with Gasteiger partial charge in [-0.2, -0.15) is 0 Å². The second-order valence-electron chi connectivity index (χ2n) is 2.67. The van der Waals surface area contributed by atoms with Crippen molar-refractivity contribution < 1.29 is 9.90 Å². The van der Waals surface area contributed by atoms with E-state index in [1.807, 2.05) is 0 Å². The van der Waals surface area contributed by atoms with Crippen molar-refractivity contribution in [1.29, 1.82) is 0 Å². The Balaban J connectivity index is 3.50. The fraction of sp³-hybridized carbons (Fsp3) is 0.125. The van der Waals surface area contributed by atoms with E-state index in [0.717, 1.165) is 0 Å². The molecule has 1 aromatic carbocycles. The van der Waals surface area contributed by atoms with Crippen LogP contribution in [0, 0.1) is 6.92 Å². The summed E-state index contributed by atoms with van der Waals surface area (Å²) in [5.74, 6) is -1.06. The van der Waals surface area contributed by atoms with Gasteiger partial charge in [-0.05, 0) is 18.6 Å². The molecule has 1 aromatic rings. The molecule has 0 aromatic heterocycles. The summed E-state index contributed by atoms with van der Waals surface area (Å²) >= 11 is 5.76. The number of aromatic carboxylic acids is 1. The van der Waals surface area contributed by atoms with Gasteiger partial charge in [-0.1, -0.05) is 11.6 Å². The van der Waals surface area contributed by atoms with Gasteiger partial charge in [-0.15, -0.1) is 0 Å². The highest BCUT2D eigenvalue weighted by Gasteiger charge is 2.14. The van der Waals surface area contributed by atoms with Crippen LogP contribution in [-0.2, 0) is 0 Å². The van der Waals surface area contributed by atoms with E-state index in [2.05, 4.69) is 0 Å². The predicted octanol–water partition coefficient (Wildman–Crippen LogP) is 1.51. The van der Waals surface area contributed by atoms with Crippen molar-refractivity contribution in [1.82, 2.24) is 0 Å². The Morgan fingerprint density at radius 3 is 2.54 bits per heavy atom.